The van der Waals surface area contributed by atoms with Gasteiger partial charge in [-0.15, -0.1) is 0 Å². The van der Waals surface area contributed by atoms with E-state index in [4.69, 9.17) is 4.74 Å². The van der Waals surface area contributed by atoms with Gasteiger partial charge in [-0.25, -0.2) is 0 Å². The quantitative estimate of drug-likeness (QED) is 0.798. The smallest absolute Gasteiger partial charge is 0.272 e. The predicted octanol–water partition coefficient (Wildman–Crippen LogP) is 3.74. The molecule has 2 rings (SSSR count). The molecule has 0 unspecified atom stereocenters. The minimum absolute atomic E-state index is 0.0376. The Kier molecular flexibility index (Phi) is 5.21. The summed E-state index contributed by atoms with van der Waals surface area (Å²) in [6, 6.07) is 7.28. The largest absolute Gasteiger partial charge is 0.492 e. The second-order valence-corrected chi connectivity index (χ2v) is 5.27. The minimum atomic E-state index is -0.274. The standard InChI is InChI=1S/C18H22N2O3/c1-5-13-16(12(4)21)11(3)19-17(13)18(22)20-14-9-7-8-10-15(14)23-6-2/h7-10,19H,5-6H2,1-4H3,(H,20,22). The number of nitrogens with one attached hydrogen (secondary N) is 2. The molecule has 0 aliphatic heterocycles. The average molecular weight is 314 g/mol. The van der Waals surface area contributed by atoms with Gasteiger partial charge in [0.15, 0.2) is 5.78 Å². The van der Waals surface area contributed by atoms with E-state index in [9.17, 15) is 9.59 Å². The lowest BCUT2D eigenvalue weighted by Crippen LogP contribution is -2.15. The SMILES string of the molecule is CCOc1ccccc1NC(=O)c1[nH]c(C)c(C(C)=O)c1CC. The normalized spacial score (nSPS) is 10.4. The fourth-order valence-corrected chi connectivity index (χ4v) is 2.74. The number of benzene rings is 1. The van der Waals surface area contributed by atoms with Crippen LogP contribution in [0.15, 0.2) is 24.3 Å². The van der Waals surface area contributed by atoms with Crippen molar-refractivity contribution < 1.29 is 14.3 Å². The van der Waals surface area contributed by atoms with Crippen molar-refractivity contribution in [3.8, 4) is 5.75 Å². The molecule has 2 aromatic rings. The molecule has 122 valence electrons. The van der Waals surface area contributed by atoms with Crippen LogP contribution in [0.4, 0.5) is 5.69 Å². The summed E-state index contributed by atoms with van der Waals surface area (Å²) < 4.78 is 5.52. The summed E-state index contributed by atoms with van der Waals surface area (Å²) in [5.74, 6) is 0.311. The van der Waals surface area contributed by atoms with Crippen LogP contribution in [0.3, 0.4) is 0 Å². The molecule has 2 N–H and O–H groups in total. The average Bonchev–Trinajstić information content (AvgIpc) is 2.86. The minimum Gasteiger partial charge on any atom is -0.492 e. The highest BCUT2D eigenvalue weighted by molar-refractivity contribution is 6.08. The number of H-pyrrole nitrogens is 1. The molecule has 1 aromatic carbocycles. The van der Waals surface area contributed by atoms with Gasteiger partial charge in [0.25, 0.3) is 5.91 Å². The van der Waals surface area contributed by atoms with Gasteiger partial charge in [-0.2, -0.15) is 0 Å². The molecule has 23 heavy (non-hydrogen) atoms. The number of aryl methyl sites for hydroxylation is 1. The number of carbonyl (C=O) groups is 2. The summed E-state index contributed by atoms with van der Waals surface area (Å²) in [6.07, 6.45) is 0.606. The maximum atomic E-state index is 12.6. The van der Waals surface area contributed by atoms with E-state index in [1.54, 1.807) is 19.1 Å². The Morgan fingerprint density at radius 2 is 1.91 bits per heavy atom. The number of anilines is 1. The summed E-state index contributed by atoms with van der Waals surface area (Å²) in [7, 11) is 0. The number of para-hydroxylation sites is 2. The molecule has 0 aliphatic carbocycles. The van der Waals surface area contributed by atoms with Gasteiger partial charge >= 0.3 is 0 Å². The van der Waals surface area contributed by atoms with Crippen LogP contribution in [0.5, 0.6) is 5.75 Å². The highest BCUT2D eigenvalue weighted by Crippen LogP contribution is 2.26. The highest BCUT2D eigenvalue weighted by Gasteiger charge is 2.22. The first-order valence-corrected chi connectivity index (χ1v) is 7.75. The van der Waals surface area contributed by atoms with E-state index in [1.807, 2.05) is 26.0 Å². The third-order valence-electron chi connectivity index (χ3n) is 3.66. The molecule has 0 bridgehead atoms. The van der Waals surface area contributed by atoms with Crippen molar-refractivity contribution >= 4 is 17.4 Å². The molecule has 5 nitrogen and oxygen atoms in total. The number of hydrogen-bond donors (Lipinski definition) is 2. The predicted molar refractivity (Wildman–Crippen MR) is 90.5 cm³/mol. The third-order valence-corrected chi connectivity index (χ3v) is 3.66. The van der Waals surface area contributed by atoms with E-state index in [2.05, 4.69) is 10.3 Å². The lowest BCUT2D eigenvalue weighted by atomic mass is 10.0. The molecule has 0 atom stereocenters. The van der Waals surface area contributed by atoms with Crippen molar-refractivity contribution in [2.24, 2.45) is 0 Å². The first kappa shape index (κ1) is 16.8. The van der Waals surface area contributed by atoms with Crippen LogP contribution in [-0.4, -0.2) is 23.3 Å². The van der Waals surface area contributed by atoms with Crippen LogP contribution in [-0.2, 0) is 6.42 Å². The molecule has 0 saturated heterocycles. The van der Waals surface area contributed by atoms with Crippen LogP contribution >= 0.6 is 0 Å². The summed E-state index contributed by atoms with van der Waals surface area (Å²) in [5.41, 5.74) is 3.12. The van der Waals surface area contributed by atoms with Crippen LogP contribution in [0.25, 0.3) is 0 Å². The zero-order chi connectivity index (χ0) is 17.0. The number of aromatic nitrogens is 1. The van der Waals surface area contributed by atoms with Crippen LogP contribution in [0.1, 0.15) is 52.9 Å². The number of ether oxygens (including phenoxy) is 1. The van der Waals surface area contributed by atoms with E-state index in [0.29, 0.717) is 35.7 Å². The van der Waals surface area contributed by atoms with Gasteiger partial charge in [-0.1, -0.05) is 19.1 Å². The topological polar surface area (TPSA) is 71.2 Å². The van der Waals surface area contributed by atoms with Crippen molar-refractivity contribution in [3.63, 3.8) is 0 Å². The molecule has 0 spiro atoms. The number of hydrogen-bond acceptors (Lipinski definition) is 3. The Labute approximate surface area is 136 Å². The number of amides is 1. The molecule has 1 aromatic heterocycles. The van der Waals surface area contributed by atoms with E-state index < -0.39 is 0 Å². The summed E-state index contributed by atoms with van der Waals surface area (Å²) in [5, 5.41) is 2.86. The van der Waals surface area contributed by atoms with Crippen molar-refractivity contribution in [2.75, 3.05) is 11.9 Å². The number of rotatable bonds is 6. The Hall–Kier alpha value is -2.56. The Bertz CT molecular complexity index is 732. The number of ketones is 1. The van der Waals surface area contributed by atoms with Crippen molar-refractivity contribution in [3.05, 3.63) is 46.8 Å². The van der Waals surface area contributed by atoms with Gasteiger partial charge in [-0.3, -0.25) is 9.59 Å². The van der Waals surface area contributed by atoms with Crippen molar-refractivity contribution in [1.29, 1.82) is 0 Å². The summed E-state index contributed by atoms with van der Waals surface area (Å²) in [4.78, 5) is 27.5. The summed E-state index contributed by atoms with van der Waals surface area (Å²) in [6.45, 7) is 7.66. The monoisotopic (exact) mass is 314 g/mol. The van der Waals surface area contributed by atoms with Crippen LogP contribution in [0.2, 0.25) is 0 Å². The van der Waals surface area contributed by atoms with Gasteiger partial charge in [0.1, 0.15) is 11.4 Å². The molecule has 0 saturated carbocycles. The molecular weight excluding hydrogens is 292 g/mol. The molecule has 5 heteroatoms. The first-order chi connectivity index (χ1) is 11.0. The van der Waals surface area contributed by atoms with E-state index in [1.165, 1.54) is 6.92 Å². The van der Waals surface area contributed by atoms with Gasteiger partial charge in [0.2, 0.25) is 0 Å². The van der Waals surface area contributed by atoms with Gasteiger partial charge < -0.3 is 15.0 Å². The van der Waals surface area contributed by atoms with Crippen LogP contribution in [0, 0.1) is 6.92 Å². The molecule has 0 radical (unpaired) electrons. The second kappa shape index (κ2) is 7.13. The third kappa shape index (κ3) is 3.44. The van der Waals surface area contributed by atoms with Crippen molar-refractivity contribution in [1.82, 2.24) is 4.98 Å². The van der Waals surface area contributed by atoms with Gasteiger partial charge in [0.05, 0.1) is 12.3 Å². The zero-order valence-corrected chi connectivity index (χ0v) is 13.9. The maximum Gasteiger partial charge on any atom is 0.272 e. The fourth-order valence-electron chi connectivity index (χ4n) is 2.74. The number of carbonyl (C=O) groups excluding carboxylic acids is 2. The second-order valence-electron chi connectivity index (χ2n) is 5.27. The highest BCUT2D eigenvalue weighted by atomic mass is 16.5. The fraction of sp³-hybridized carbons (Fsp3) is 0.333. The molecule has 1 amide bonds. The van der Waals surface area contributed by atoms with E-state index in [-0.39, 0.29) is 11.7 Å². The lowest BCUT2D eigenvalue weighted by molar-refractivity contribution is 0.101. The molecule has 0 aliphatic rings. The molecule has 1 heterocycles. The lowest BCUT2D eigenvalue weighted by Gasteiger charge is -2.11. The van der Waals surface area contributed by atoms with E-state index >= 15 is 0 Å². The van der Waals surface area contributed by atoms with Crippen molar-refractivity contribution in [2.45, 2.75) is 34.1 Å². The maximum absolute atomic E-state index is 12.6. The van der Waals surface area contributed by atoms with Crippen LogP contribution < -0.4 is 10.1 Å². The first-order valence-electron chi connectivity index (χ1n) is 7.75. The zero-order valence-electron chi connectivity index (χ0n) is 13.9. The molecule has 0 fully saturated rings. The Morgan fingerprint density at radius 1 is 1.22 bits per heavy atom. The molecular formula is C18H22N2O3. The number of Topliss-reactive ketones (excluding diaryl/α,β-unsaturated/α-hetero) is 1. The Balaban J connectivity index is 2.35. The van der Waals surface area contributed by atoms with Gasteiger partial charge in [0, 0.05) is 11.3 Å². The Morgan fingerprint density at radius 3 is 2.52 bits per heavy atom. The summed E-state index contributed by atoms with van der Waals surface area (Å²) >= 11 is 0. The van der Waals surface area contributed by atoms with Gasteiger partial charge in [-0.05, 0) is 44.9 Å². The number of aromatic amines is 1. The van der Waals surface area contributed by atoms with E-state index in [0.717, 1.165) is 11.3 Å².